The topological polar surface area (TPSA) is 24.9 Å². The van der Waals surface area contributed by atoms with Crippen LogP contribution >= 0.6 is 11.3 Å². The van der Waals surface area contributed by atoms with Crippen LogP contribution in [0.15, 0.2) is 23.6 Å². The van der Waals surface area contributed by atoms with Crippen LogP contribution in [0.25, 0.3) is 0 Å². The molecule has 1 aromatic heterocycles. The molecule has 4 heteroatoms. The molecule has 100 valence electrons. The van der Waals surface area contributed by atoms with Crippen LogP contribution in [0.5, 0.6) is 0 Å². The molecule has 1 unspecified atom stereocenters. The Labute approximate surface area is 116 Å². The predicted octanol–water partition coefficient (Wildman–Crippen LogP) is 3.41. The van der Waals surface area contributed by atoms with Crippen molar-refractivity contribution in [3.05, 3.63) is 51.2 Å². The van der Waals surface area contributed by atoms with E-state index in [1.807, 2.05) is 13.0 Å². The van der Waals surface area contributed by atoms with Gasteiger partial charge in [0.05, 0.1) is 5.01 Å². The van der Waals surface area contributed by atoms with E-state index < -0.39 is 0 Å². The van der Waals surface area contributed by atoms with Gasteiger partial charge in [-0.15, -0.1) is 11.3 Å². The van der Waals surface area contributed by atoms with Gasteiger partial charge in [0.2, 0.25) is 0 Å². The number of hydrogen-bond donors (Lipinski definition) is 1. The Morgan fingerprint density at radius 3 is 3.16 bits per heavy atom. The lowest BCUT2D eigenvalue weighted by molar-refractivity contribution is 0.533. The summed E-state index contributed by atoms with van der Waals surface area (Å²) < 4.78 is 13.6. The molecule has 0 bridgehead atoms. The third kappa shape index (κ3) is 2.69. The summed E-state index contributed by atoms with van der Waals surface area (Å²) >= 11 is 1.71. The lowest BCUT2D eigenvalue weighted by Gasteiger charge is -2.13. The van der Waals surface area contributed by atoms with Crippen LogP contribution in [0.1, 0.15) is 34.3 Å². The highest BCUT2D eigenvalue weighted by atomic mass is 32.1. The van der Waals surface area contributed by atoms with Gasteiger partial charge in [-0.05, 0) is 37.0 Å². The van der Waals surface area contributed by atoms with Crippen LogP contribution in [-0.2, 0) is 12.8 Å². The summed E-state index contributed by atoms with van der Waals surface area (Å²) in [6, 6.07) is 5.70. The first-order valence-electron chi connectivity index (χ1n) is 6.65. The second kappa shape index (κ2) is 5.39. The average Bonchev–Trinajstić information content (AvgIpc) is 2.98. The molecule has 1 aromatic carbocycles. The second-order valence-corrected chi connectivity index (χ2v) is 5.93. The highest BCUT2D eigenvalue weighted by Crippen LogP contribution is 2.32. The summed E-state index contributed by atoms with van der Waals surface area (Å²) in [5.41, 5.74) is 3.12. The maximum absolute atomic E-state index is 13.6. The molecule has 0 radical (unpaired) electrons. The molecule has 1 aliphatic rings. The van der Waals surface area contributed by atoms with Crippen molar-refractivity contribution in [3.63, 3.8) is 0 Å². The van der Waals surface area contributed by atoms with E-state index in [4.69, 9.17) is 0 Å². The maximum Gasteiger partial charge on any atom is 0.126 e. The van der Waals surface area contributed by atoms with E-state index in [0.29, 0.717) is 6.04 Å². The monoisotopic (exact) mass is 276 g/mol. The quantitative estimate of drug-likeness (QED) is 0.925. The number of fused-ring (bicyclic) bond motifs is 1. The molecule has 1 aliphatic carbocycles. The van der Waals surface area contributed by atoms with Gasteiger partial charge in [-0.25, -0.2) is 9.37 Å². The van der Waals surface area contributed by atoms with Crippen LogP contribution in [0.3, 0.4) is 0 Å². The molecule has 0 aliphatic heterocycles. The Balaban J connectivity index is 1.59. The first-order valence-corrected chi connectivity index (χ1v) is 7.53. The fourth-order valence-electron chi connectivity index (χ4n) is 2.69. The fourth-order valence-corrected chi connectivity index (χ4v) is 3.47. The number of rotatable bonds is 4. The Morgan fingerprint density at radius 1 is 1.47 bits per heavy atom. The highest BCUT2D eigenvalue weighted by Gasteiger charge is 2.24. The van der Waals surface area contributed by atoms with Gasteiger partial charge < -0.3 is 5.32 Å². The first kappa shape index (κ1) is 12.8. The summed E-state index contributed by atoms with van der Waals surface area (Å²) in [5, 5.41) is 6.77. The van der Waals surface area contributed by atoms with E-state index in [0.717, 1.165) is 42.6 Å². The van der Waals surface area contributed by atoms with Crippen LogP contribution in [0.4, 0.5) is 4.39 Å². The Morgan fingerprint density at radius 2 is 2.37 bits per heavy atom. The molecule has 19 heavy (non-hydrogen) atoms. The standard InChI is InChI=1S/C15H17FN2S/c1-10-9-19-15(18-10)7-8-17-14-6-5-11-12(14)3-2-4-13(11)16/h2-4,9,14,17H,5-8H2,1H3. The van der Waals surface area contributed by atoms with Crippen molar-refractivity contribution in [1.82, 2.24) is 10.3 Å². The van der Waals surface area contributed by atoms with Crippen molar-refractivity contribution >= 4 is 11.3 Å². The van der Waals surface area contributed by atoms with E-state index in [-0.39, 0.29) is 5.82 Å². The van der Waals surface area contributed by atoms with Gasteiger partial charge in [0, 0.05) is 30.1 Å². The van der Waals surface area contributed by atoms with Gasteiger partial charge in [0.25, 0.3) is 0 Å². The Hall–Kier alpha value is -1.26. The van der Waals surface area contributed by atoms with Crippen molar-refractivity contribution in [2.75, 3.05) is 6.54 Å². The smallest absolute Gasteiger partial charge is 0.126 e. The summed E-state index contributed by atoms with van der Waals surface area (Å²) in [7, 11) is 0. The Kier molecular flexibility index (Phi) is 3.62. The lowest BCUT2D eigenvalue weighted by atomic mass is 10.1. The average molecular weight is 276 g/mol. The molecule has 0 fully saturated rings. The van der Waals surface area contributed by atoms with E-state index in [1.54, 1.807) is 23.5 Å². The summed E-state index contributed by atoms with van der Waals surface area (Å²) in [6.45, 7) is 2.91. The zero-order valence-corrected chi connectivity index (χ0v) is 11.8. The van der Waals surface area contributed by atoms with Gasteiger partial charge in [-0.3, -0.25) is 0 Å². The number of aryl methyl sites for hydroxylation is 1. The fraction of sp³-hybridized carbons (Fsp3) is 0.400. The minimum absolute atomic E-state index is 0.0580. The van der Waals surface area contributed by atoms with Gasteiger partial charge >= 0.3 is 0 Å². The number of nitrogens with one attached hydrogen (secondary N) is 1. The molecule has 1 N–H and O–H groups in total. The van der Waals surface area contributed by atoms with E-state index in [1.165, 1.54) is 5.01 Å². The molecular formula is C15H17FN2S. The van der Waals surface area contributed by atoms with Gasteiger partial charge in [0.15, 0.2) is 0 Å². The second-order valence-electron chi connectivity index (χ2n) is 4.99. The third-order valence-corrected chi connectivity index (χ3v) is 4.64. The maximum atomic E-state index is 13.6. The zero-order chi connectivity index (χ0) is 13.2. The molecular weight excluding hydrogens is 259 g/mol. The summed E-state index contributed by atoms with van der Waals surface area (Å²) in [5.74, 6) is -0.0580. The van der Waals surface area contributed by atoms with Crippen LogP contribution in [-0.4, -0.2) is 11.5 Å². The van der Waals surface area contributed by atoms with Crippen molar-refractivity contribution < 1.29 is 4.39 Å². The van der Waals surface area contributed by atoms with Gasteiger partial charge in [-0.2, -0.15) is 0 Å². The number of benzene rings is 1. The van der Waals surface area contributed by atoms with E-state index in [2.05, 4.69) is 15.7 Å². The molecule has 1 atom stereocenters. The van der Waals surface area contributed by atoms with Crippen LogP contribution in [0, 0.1) is 12.7 Å². The van der Waals surface area contributed by atoms with Crippen LogP contribution in [0.2, 0.25) is 0 Å². The number of thiazole rings is 1. The predicted molar refractivity (Wildman–Crippen MR) is 76.0 cm³/mol. The van der Waals surface area contributed by atoms with Crippen molar-refractivity contribution in [1.29, 1.82) is 0 Å². The number of hydrogen-bond acceptors (Lipinski definition) is 3. The number of halogens is 1. The molecule has 3 rings (SSSR count). The number of aromatic nitrogens is 1. The Bertz CT molecular complexity index is 579. The van der Waals surface area contributed by atoms with Gasteiger partial charge in [0.1, 0.15) is 5.82 Å². The molecule has 0 spiro atoms. The minimum Gasteiger partial charge on any atom is -0.309 e. The summed E-state index contributed by atoms with van der Waals surface area (Å²) in [4.78, 5) is 4.45. The first-order chi connectivity index (χ1) is 9.24. The van der Waals surface area contributed by atoms with E-state index in [9.17, 15) is 4.39 Å². The highest BCUT2D eigenvalue weighted by molar-refractivity contribution is 7.09. The molecule has 1 heterocycles. The SMILES string of the molecule is Cc1csc(CCNC2CCc3c(F)cccc32)n1. The molecule has 2 nitrogen and oxygen atoms in total. The number of nitrogens with zero attached hydrogens (tertiary/aromatic N) is 1. The van der Waals surface area contributed by atoms with Crippen LogP contribution < -0.4 is 5.32 Å². The normalized spacial score (nSPS) is 17.7. The van der Waals surface area contributed by atoms with Gasteiger partial charge in [-0.1, -0.05) is 12.1 Å². The molecule has 0 amide bonds. The van der Waals surface area contributed by atoms with Crippen molar-refractivity contribution in [2.45, 2.75) is 32.2 Å². The summed E-state index contributed by atoms with van der Waals surface area (Å²) in [6.07, 6.45) is 2.78. The minimum atomic E-state index is -0.0580. The largest absolute Gasteiger partial charge is 0.309 e. The third-order valence-electron chi connectivity index (χ3n) is 3.61. The molecule has 2 aromatic rings. The molecule has 0 saturated carbocycles. The molecule has 0 saturated heterocycles. The van der Waals surface area contributed by atoms with E-state index >= 15 is 0 Å². The lowest BCUT2D eigenvalue weighted by Crippen LogP contribution is -2.21. The zero-order valence-electron chi connectivity index (χ0n) is 10.9. The van der Waals surface area contributed by atoms with Crippen molar-refractivity contribution in [3.8, 4) is 0 Å². The van der Waals surface area contributed by atoms with Crippen molar-refractivity contribution in [2.24, 2.45) is 0 Å².